The van der Waals surface area contributed by atoms with Gasteiger partial charge in [0.15, 0.2) is 0 Å². The number of hydrogen-bond acceptors (Lipinski definition) is 3. The molecule has 0 saturated carbocycles. The molecule has 18 heavy (non-hydrogen) atoms. The maximum atomic E-state index is 10.9. The fourth-order valence-corrected chi connectivity index (χ4v) is 1.75. The van der Waals surface area contributed by atoms with Crippen LogP contribution in [0.25, 0.3) is 0 Å². The van der Waals surface area contributed by atoms with Gasteiger partial charge in [0.05, 0.1) is 17.8 Å². The smallest absolute Gasteiger partial charge is 0.335 e. The molecular formula is C13H17BrO4. The van der Waals surface area contributed by atoms with Crippen LogP contribution in [-0.2, 0) is 4.74 Å². The summed E-state index contributed by atoms with van der Waals surface area (Å²) in [6.45, 7) is 6.74. The summed E-state index contributed by atoms with van der Waals surface area (Å²) >= 11 is 3.25. The van der Waals surface area contributed by atoms with Gasteiger partial charge >= 0.3 is 5.97 Å². The van der Waals surface area contributed by atoms with E-state index in [-0.39, 0.29) is 11.2 Å². The van der Waals surface area contributed by atoms with Crippen LogP contribution in [-0.4, -0.2) is 29.9 Å². The van der Waals surface area contributed by atoms with Crippen molar-refractivity contribution in [1.82, 2.24) is 0 Å². The summed E-state index contributed by atoms with van der Waals surface area (Å²) in [4.78, 5) is 10.9. The molecule has 0 radical (unpaired) electrons. The third-order valence-corrected chi connectivity index (χ3v) is 2.46. The van der Waals surface area contributed by atoms with Crippen molar-refractivity contribution in [3.63, 3.8) is 0 Å². The molecule has 0 aromatic heterocycles. The molecule has 1 aromatic carbocycles. The number of aromatic carboxylic acids is 1. The fraction of sp³-hybridized carbons (Fsp3) is 0.462. The van der Waals surface area contributed by atoms with Gasteiger partial charge in [0, 0.05) is 4.47 Å². The number of rotatable bonds is 5. The van der Waals surface area contributed by atoms with E-state index in [9.17, 15) is 4.79 Å². The van der Waals surface area contributed by atoms with Gasteiger partial charge in [-0.15, -0.1) is 0 Å². The molecule has 0 aliphatic carbocycles. The lowest BCUT2D eigenvalue weighted by Crippen LogP contribution is -2.22. The van der Waals surface area contributed by atoms with Crippen LogP contribution in [0.15, 0.2) is 22.7 Å². The van der Waals surface area contributed by atoms with Gasteiger partial charge in [0.1, 0.15) is 12.4 Å². The molecule has 0 aliphatic rings. The Hall–Kier alpha value is -1.07. The summed E-state index contributed by atoms with van der Waals surface area (Å²) in [5.41, 5.74) is -0.0107. The second-order valence-electron chi connectivity index (χ2n) is 4.79. The molecule has 4 nitrogen and oxygen atoms in total. The fourth-order valence-electron chi connectivity index (χ4n) is 1.28. The maximum Gasteiger partial charge on any atom is 0.335 e. The van der Waals surface area contributed by atoms with E-state index < -0.39 is 5.97 Å². The molecule has 0 heterocycles. The first-order chi connectivity index (χ1) is 8.28. The lowest BCUT2D eigenvalue weighted by Gasteiger charge is -2.19. The van der Waals surface area contributed by atoms with E-state index in [1.807, 2.05) is 20.8 Å². The molecule has 0 amide bonds. The van der Waals surface area contributed by atoms with Gasteiger partial charge < -0.3 is 14.6 Å². The highest BCUT2D eigenvalue weighted by atomic mass is 79.9. The van der Waals surface area contributed by atoms with Gasteiger partial charge in [-0.05, 0) is 39.0 Å². The van der Waals surface area contributed by atoms with E-state index in [0.29, 0.717) is 23.4 Å². The van der Waals surface area contributed by atoms with Crippen LogP contribution in [0, 0.1) is 0 Å². The number of benzene rings is 1. The molecule has 100 valence electrons. The number of hydrogen-bond donors (Lipinski definition) is 1. The standard InChI is InChI=1S/C13H17BrO4/c1-13(2,3)18-5-4-17-11-7-9(12(15)16)6-10(14)8-11/h6-8H,4-5H2,1-3H3,(H,15,16). The molecular weight excluding hydrogens is 300 g/mol. The molecule has 1 rings (SSSR count). The lowest BCUT2D eigenvalue weighted by atomic mass is 10.2. The summed E-state index contributed by atoms with van der Waals surface area (Å²) in [7, 11) is 0. The zero-order valence-electron chi connectivity index (χ0n) is 10.7. The highest BCUT2D eigenvalue weighted by molar-refractivity contribution is 9.10. The van der Waals surface area contributed by atoms with Crippen LogP contribution in [0.1, 0.15) is 31.1 Å². The molecule has 1 N–H and O–H groups in total. The summed E-state index contributed by atoms with van der Waals surface area (Å²) in [5.74, 6) is -0.466. The van der Waals surface area contributed by atoms with E-state index in [4.69, 9.17) is 14.6 Å². The van der Waals surface area contributed by atoms with Gasteiger partial charge in [-0.25, -0.2) is 4.79 Å². The van der Waals surface area contributed by atoms with Crippen LogP contribution >= 0.6 is 15.9 Å². The molecule has 0 saturated heterocycles. The average Bonchev–Trinajstić information content (AvgIpc) is 2.22. The Morgan fingerprint density at radius 2 is 1.94 bits per heavy atom. The van der Waals surface area contributed by atoms with Gasteiger partial charge in [0.2, 0.25) is 0 Å². The van der Waals surface area contributed by atoms with Crippen molar-refractivity contribution in [2.45, 2.75) is 26.4 Å². The van der Waals surface area contributed by atoms with Gasteiger partial charge in [0.25, 0.3) is 0 Å². The highest BCUT2D eigenvalue weighted by Gasteiger charge is 2.10. The molecule has 1 aromatic rings. The quantitative estimate of drug-likeness (QED) is 0.846. The van der Waals surface area contributed by atoms with E-state index in [1.54, 1.807) is 6.07 Å². The van der Waals surface area contributed by atoms with Crippen molar-refractivity contribution in [3.8, 4) is 5.75 Å². The Labute approximate surface area is 115 Å². The lowest BCUT2D eigenvalue weighted by molar-refractivity contribution is -0.0163. The van der Waals surface area contributed by atoms with Crippen molar-refractivity contribution in [1.29, 1.82) is 0 Å². The van der Waals surface area contributed by atoms with Gasteiger partial charge in [-0.2, -0.15) is 0 Å². The van der Waals surface area contributed by atoms with Gasteiger partial charge in [-0.3, -0.25) is 0 Å². The molecule has 0 unspecified atom stereocenters. The Morgan fingerprint density at radius 3 is 2.50 bits per heavy atom. The SMILES string of the molecule is CC(C)(C)OCCOc1cc(Br)cc(C(=O)O)c1. The molecule has 0 atom stereocenters. The van der Waals surface area contributed by atoms with Crippen molar-refractivity contribution >= 4 is 21.9 Å². The first-order valence-electron chi connectivity index (χ1n) is 5.58. The second-order valence-corrected chi connectivity index (χ2v) is 5.71. The molecule has 0 aliphatic heterocycles. The third kappa shape index (κ3) is 5.51. The minimum atomic E-state index is -0.980. The summed E-state index contributed by atoms with van der Waals surface area (Å²) < 4.78 is 11.6. The van der Waals surface area contributed by atoms with E-state index in [0.717, 1.165) is 0 Å². The Balaban J connectivity index is 2.55. The van der Waals surface area contributed by atoms with Crippen LogP contribution in [0.3, 0.4) is 0 Å². The number of carboxylic acid groups (broad SMARTS) is 1. The Morgan fingerprint density at radius 1 is 1.28 bits per heavy atom. The topological polar surface area (TPSA) is 55.8 Å². The summed E-state index contributed by atoms with van der Waals surface area (Å²) in [6.07, 6.45) is 0. The van der Waals surface area contributed by atoms with Crippen LogP contribution in [0.2, 0.25) is 0 Å². The van der Waals surface area contributed by atoms with Crippen LogP contribution in [0.4, 0.5) is 0 Å². The predicted octanol–water partition coefficient (Wildman–Crippen LogP) is 3.34. The molecule has 5 heteroatoms. The summed E-state index contributed by atoms with van der Waals surface area (Å²) in [5, 5.41) is 8.91. The van der Waals surface area contributed by atoms with E-state index in [1.165, 1.54) is 12.1 Å². The molecule has 0 spiro atoms. The average molecular weight is 317 g/mol. The highest BCUT2D eigenvalue weighted by Crippen LogP contribution is 2.21. The first-order valence-corrected chi connectivity index (χ1v) is 6.38. The minimum absolute atomic E-state index is 0.191. The van der Waals surface area contributed by atoms with Crippen molar-refractivity contribution in [2.75, 3.05) is 13.2 Å². The predicted molar refractivity (Wildman–Crippen MR) is 72.3 cm³/mol. The third-order valence-electron chi connectivity index (χ3n) is 2.01. The van der Waals surface area contributed by atoms with Crippen molar-refractivity contribution < 1.29 is 19.4 Å². The normalized spacial score (nSPS) is 11.3. The minimum Gasteiger partial charge on any atom is -0.491 e. The monoisotopic (exact) mass is 316 g/mol. The Kier molecular flexibility index (Phi) is 5.16. The number of ether oxygens (including phenoxy) is 2. The summed E-state index contributed by atoms with van der Waals surface area (Å²) in [6, 6.07) is 4.74. The Bertz CT molecular complexity index is 423. The first kappa shape index (κ1) is 15.0. The number of halogens is 1. The maximum absolute atomic E-state index is 10.9. The van der Waals surface area contributed by atoms with E-state index in [2.05, 4.69) is 15.9 Å². The molecule has 0 fully saturated rings. The van der Waals surface area contributed by atoms with E-state index >= 15 is 0 Å². The number of carboxylic acids is 1. The number of carbonyl (C=O) groups is 1. The van der Waals surface area contributed by atoms with Crippen molar-refractivity contribution in [3.05, 3.63) is 28.2 Å². The van der Waals surface area contributed by atoms with Crippen LogP contribution in [0.5, 0.6) is 5.75 Å². The van der Waals surface area contributed by atoms with Crippen LogP contribution < -0.4 is 4.74 Å². The second kappa shape index (κ2) is 6.20. The van der Waals surface area contributed by atoms with Crippen molar-refractivity contribution in [2.24, 2.45) is 0 Å². The molecule has 0 bridgehead atoms. The van der Waals surface area contributed by atoms with Gasteiger partial charge in [-0.1, -0.05) is 15.9 Å². The zero-order valence-corrected chi connectivity index (χ0v) is 12.3. The largest absolute Gasteiger partial charge is 0.491 e. The zero-order chi connectivity index (χ0) is 13.8.